The first-order valence-electron chi connectivity index (χ1n) is 9.70. The maximum absolute atomic E-state index is 12.6. The molecular formula is C23H17N5O3. The fraction of sp³-hybridized carbons (Fsp3) is 0.0870. The average Bonchev–Trinajstić information content (AvgIpc) is 3.14. The number of nitrogens with one attached hydrogen (secondary N) is 1. The zero-order chi connectivity index (χ0) is 21.2. The van der Waals surface area contributed by atoms with Crippen molar-refractivity contribution >= 4 is 34.7 Å². The largest absolute Gasteiger partial charge is 0.489 e. The molecule has 152 valence electrons. The highest BCUT2D eigenvalue weighted by Gasteiger charge is 2.26. The third-order valence-corrected chi connectivity index (χ3v) is 4.93. The summed E-state index contributed by atoms with van der Waals surface area (Å²) in [5.41, 5.74) is 1.01. The molecule has 1 N–H and O–H groups in total. The maximum atomic E-state index is 12.6. The van der Waals surface area contributed by atoms with Gasteiger partial charge in [-0.15, -0.1) is 0 Å². The maximum Gasteiger partial charge on any atom is 0.271 e. The molecule has 0 unspecified atom stereocenters. The second-order valence-electron chi connectivity index (χ2n) is 6.92. The number of ether oxygens (including phenoxy) is 1. The van der Waals surface area contributed by atoms with Crippen LogP contribution in [0.4, 0.5) is 5.82 Å². The number of rotatable bonds is 0. The van der Waals surface area contributed by atoms with Gasteiger partial charge in [-0.1, -0.05) is 18.2 Å². The van der Waals surface area contributed by atoms with Gasteiger partial charge in [0.2, 0.25) is 5.91 Å². The molecule has 2 aromatic carbocycles. The van der Waals surface area contributed by atoms with Gasteiger partial charge in [-0.3, -0.25) is 14.5 Å². The van der Waals surface area contributed by atoms with Gasteiger partial charge in [-0.05, 0) is 36.4 Å². The third kappa shape index (κ3) is 3.66. The number of hydrogen-bond acceptors (Lipinski definition) is 6. The average molecular weight is 411 g/mol. The molecule has 0 fully saturated rings. The van der Waals surface area contributed by atoms with E-state index in [1.807, 2.05) is 42.5 Å². The van der Waals surface area contributed by atoms with E-state index in [9.17, 15) is 9.59 Å². The molecule has 8 heteroatoms. The van der Waals surface area contributed by atoms with Gasteiger partial charge in [0.15, 0.2) is 5.82 Å². The number of carbonyl (C=O) groups is 2. The van der Waals surface area contributed by atoms with Crippen molar-refractivity contribution in [3.05, 3.63) is 83.4 Å². The minimum Gasteiger partial charge on any atom is -0.489 e. The van der Waals surface area contributed by atoms with Crippen molar-refractivity contribution in [3.63, 3.8) is 0 Å². The Hall–Kier alpha value is -4.33. The molecule has 2 aliphatic rings. The fourth-order valence-electron chi connectivity index (χ4n) is 3.41. The first kappa shape index (κ1) is 18.7. The summed E-state index contributed by atoms with van der Waals surface area (Å²) in [7, 11) is 0. The van der Waals surface area contributed by atoms with E-state index in [0.29, 0.717) is 22.1 Å². The fourth-order valence-corrected chi connectivity index (χ4v) is 3.41. The second-order valence-corrected chi connectivity index (χ2v) is 6.92. The SMILES string of the molecule is O=C1N/C=C/COc2ccc3ncnc(c3c2)/N=c2\cccc\c2=C/N2C(=O)CC=C12. The summed E-state index contributed by atoms with van der Waals surface area (Å²) >= 11 is 0. The highest BCUT2D eigenvalue weighted by Crippen LogP contribution is 2.26. The summed E-state index contributed by atoms with van der Waals surface area (Å²) in [5.74, 6) is 0.557. The lowest BCUT2D eigenvalue weighted by Crippen LogP contribution is -2.34. The van der Waals surface area contributed by atoms with Crippen LogP contribution in [0.1, 0.15) is 6.42 Å². The highest BCUT2D eigenvalue weighted by molar-refractivity contribution is 6.03. The Bertz CT molecular complexity index is 1390. The number of para-hydroxylation sites is 1. The summed E-state index contributed by atoms with van der Waals surface area (Å²) in [6.07, 6.45) is 8.05. The van der Waals surface area contributed by atoms with Crippen LogP contribution in [0.5, 0.6) is 5.75 Å². The zero-order valence-electron chi connectivity index (χ0n) is 16.4. The summed E-state index contributed by atoms with van der Waals surface area (Å²) in [6.45, 7) is 0.253. The quantitative estimate of drug-likeness (QED) is 0.604. The Kier molecular flexibility index (Phi) is 4.72. The van der Waals surface area contributed by atoms with Crippen molar-refractivity contribution in [2.45, 2.75) is 6.42 Å². The van der Waals surface area contributed by atoms with Gasteiger partial charge in [0, 0.05) is 29.4 Å². The molecule has 0 radical (unpaired) electrons. The van der Waals surface area contributed by atoms with E-state index >= 15 is 0 Å². The van der Waals surface area contributed by atoms with Gasteiger partial charge in [0.1, 0.15) is 24.4 Å². The molecular weight excluding hydrogens is 394 g/mol. The molecule has 0 spiro atoms. The summed E-state index contributed by atoms with van der Waals surface area (Å²) < 4.78 is 5.76. The lowest BCUT2D eigenvalue weighted by molar-refractivity contribution is -0.127. The van der Waals surface area contributed by atoms with Crippen LogP contribution in [0, 0.1) is 0 Å². The second kappa shape index (κ2) is 7.83. The number of nitrogens with zero attached hydrogens (tertiary/aromatic N) is 4. The first-order valence-corrected chi connectivity index (χ1v) is 9.70. The van der Waals surface area contributed by atoms with Gasteiger partial charge in [-0.2, -0.15) is 0 Å². The standard InChI is InChI=1S/C23H17N5O3/c29-21-9-8-20-23(30)24-10-3-11-31-16-6-7-19-17(12-16)22(26-14-25-19)27-18-5-2-1-4-15(18)13-28(20)21/h1-8,10,12-14H,9,11H2,(H,24,30)/b10-3+,15-13+,27-18+. The number of benzene rings is 2. The van der Waals surface area contributed by atoms with E-state index in [1.165, 1.54) is 17.4 Å². The van der Waals surface area contributed by atoms with Crippen LogP contribution >= 0.6 is 0 Å². The first-order chi connectivity index (χ1) is 15.2. The van der Waals surface area contributed by atoms with Crippen LogP contribution in [-0.4, -0.2) is 33.3 Å². The molecule has 5 rings (SSSR count). The van der Waals surface area contributed by atoms with E-state index in [2.05, 4.69) is 15.3 Å². The summed E-state index contributed by atoms with van der Waals surface area (Å²) in [6, 6.07) is 12.9. The van der Waals surface area contributed by atoms with Crippen LogP contribution < -0.4 is 20.6 Å². The lowest BCUT2D eigenvalue weighted by Gasteiger charge is -2.14. The molecule has 3 heterocycles. The Morgan fingerprint density at radius 3 is 2.90 bits per heavy atom. The molecule has 31 heavy (non-hydrogen) atoms. The normalized spacial score (nSPS) is 19.2. The topological polar surface area (TPSA) is 96.8 Å². The summed E-state index contributed by atoms with van der Waals surface area (Å²) in [4.78, 5) is 39.8. The molecule has 8 nitrogen and oxygen atoms in total. The van der Waals surface area contributed by atoms with E-state index in [-0.39, 0.29) is 30.5 Å². The van der Waals surface area contributed by atoms with Crippen LogP contribution in [-0.2, 0) is 9.59 Å². The molecule has 2 bridgehead atoms. The third-order valence-electron chi connectivity index (χ3n) is 4.93. The molecule has 2 amide bonds. The van der Waals surface area contributed by atoms with E-state index < -0.39 is 0 Å². The predicted molar refractivity (Wildman–Crippen MR) is 113 cm³/mol. The molecule has 2 aliphatic heterocycles. The molecule has 0 atom stereocenters. The van der Waals surface area contributed by atoms with Crippen molar-refractivity contribution < 1.29 is 14.3 Å². The lowest BCUT2D eigenvalue weighted by atomic mass is 10.2. The van der Waals surface area contributed by atoms with Crippen molar-refractivity contribution in [1.82, 2.24) is 20.2 Å². The van der Waals surface area contributed by atoms with Crippen molar-refractivity contribution in [1.29, 1.82) is 0 Å². The van der Waals surface area contributed by atoms with Crippen LogP contribution in [0.2, 0.25) is 0 Å². The van der Waals surface area contributed by atoms with Gasteiger partial charge in [-0.25, -0.2) is 15.0 Å². The van der Waals surface area contributed by atoms with E-state index in [4.69, 9.17) is 9.73 Å². The summed E-state index contributed by atoms with van der Waals surface area (Å²) in [5, 5.41) is 4.72. The molecule has 1 aromatic heterocycles. The Morgan fingerprint density at radius 1 is 1.06 bits per heavy atom. The van der Waals surface area contributed by atoms with Crippen molar-refractivity contribution in [3.8, 4) is 5.75 Å². The van der Waals surface area contributed by atoms with Gasteiger partial charge >= 0.3 is 0 Å². The number of hydrogen-bond donors (Lipinski definition) is 1. The van der Waals surface area contributed by atoms with Crippen LogP contribution in [0.15, 0.2) is 77.8 Å². The monoisotopic (exact) mass is 411 g/mol. The molecule has 0 saturated carbocycles. The molecule has 0 saturated heterocycles. The Labute approximate surface area is 176 Å². The van der Waals surface area contributed by atoms with Crippen LogP contribution in [0.3, 0.4) is 0 Å². The van der Waals surface area contributed by atoms with E-state index in [1.54, 1.807) is 18.4 Å². The molecule has 0 aliphatic carbocycles. The number of carbonyl (C=O) groups excluding carboxylic acids is 2. The van der Waals surface area contributed by atoms with Crippen molar-refractivity contribution in [2.75, 3.05) is 6.61 Å². The number of aromatic nitrogens is 2. The van der Waals surface area contributed by atoms with Crippen molar-refractivity contribution in [2.24, 2.45) is 4.99 Å². The van der Waals surface area contributed by atoms with Gasteiger partial charge < -0.3 is 10.1 Å². The zero-order valence-corrected chi connectivity index (χ0v) is 16.4. The predicted octanol–water partition coefficient (Wildman–Crippen LogP) is 1.46. The van der Waals surface area contributed by atoms with Gasteiger partial charge in [0.05, 0.1) is 10.9 Å². The smallest absolute Gasteiger partial charge is 0.271 e. The highest BCUT2D eigenvalue weighted by atomic mass is 16.5. The van der Waals surface area contributed by atoms with E-state index in [0.717, 1.165) is 10.9 Å². The van der Waals surface area contributed by atoms with Gasteiger partial charge in [0.25, 0.3) is 5.91 Å². The van der Waals surface area contributed by atoms with Crippen LogP contribution in [0.25, 0.3) is 17.1 Å². The Morgan fingerprint density at radius 2 is 1.97 bits per heavy atom. The number of amides is 2. The molecule has 3 aromatic rings. The minimum atomic E-state index is -0.376. The number of fused-ring (bicyclic) bond motifs is 3. The Balaban J connectivity index is 1.75. The minimum absolute atomic E-state index is 0.157.